The molecule has 7 heteroatoms. The summed E-state index contributed by atoms with van der Waals surface area (Å²) in [5.41, 5.74) is 1.02. The highest BCUT2D eigenvalue weighted by Crippen LogP contribution is 2.24. The lowest BCUT2D eigenvalue weighted by molar-refractivity contribution is -0.385. The van der Waals surface area contributed by atoms with Crippen molar-refractivity contribution in [3.63, 3.8) is 0 Å². The van der Waals surface area contributed by atoms with Gasteiger partial charge >= 0.3 is 0 Å². The molecule has 22 heavy (non-hydrogen) atoms. The van der Waals surface area contributed by atoms with Gasteiger partial charge in [0.15, 0.2) is 4.67 Å². The molecule has 0 N–H and O–H groups in total. The summed E-state index contributed by atoms with van der Waals surface area (Å²) in [6, 6.07) is 7.68. The van der Waals surface area contributed by atoms with Crippen LogP contribution in [0.4, 0.5) is 5.69 Å². The van der Waals surface area contributed by atoms with E-state index in [1.165, 1.54) is 22.8 Å². The van der Waals surface area contributed by atoms with Gasteiger partial charge in [0.2, 0.25) is 0 Å². The molecule has 0 spiro atoms. The SMILES string of the molecule is C=Cc1cc(-n2ccc3oc(Br)cc3c2=O)ccc1[N+](=O)[O-]. The van der Waals surface area contributed by atoms with Crippen molar-refractivity contribution >= 4 is 38.7 Å². The highest BCUT2D eigenvalue weighted by molar-refractivity contribution is 9.10. The molecule has 2 aromatic heterocycles. The van der Waals surface area contributed by atoms with Gasteiger partial charge in [-0.3, -0.25) is 19.5 Å². The second-order valence-corrected chi connectivity index (χ2v) is 5.31. The van der Waals surface area contributed by atoms with Crippen molar-refractivity contribution in [1.29, 1.82) is 0 Å². The third kappa shape index (κ3) is 2.25. The summed E-state index contributed by atoms with van der Waals surface area (Å²) in [6.45, 7) is 3.57. The molecule has 0 aliphatic rings. The molecule has 0 saturated heterocycles. The Morgan fingerprint density at radius 1 is 1.32 bits per heavy atom. The predicted molar refractivity (Wildman–Crippen MR) is 86.3 cm³/mol. The van der Waals surface area contributed by atoms with Crippen LogP contribution in [0.5, 0.6) is 0 Å². The number of nitrogens with zero attached hydrogens (tertiary/aromatic N) is 2. The molecular weight excluding hydrogens is 352 g/mol. The largest absolute Gasteiger partial charge is 0.449 e. The van der Waals surface area contributed by atoms with Crippen LogP contribution in [0, 0.1) is 10.1 Å². The van der Waals surface area contributed by atoms with E-state index in [0.29, 0.717) is 26.9 Å². The Hall–Kier alpha value is -2.67. The van der Waals surface area contributed by atoms with Crippen molar-refractivity contribution in [2.24, 2.45) is 0 Å². The molecule has 0 aliphatic heterocycles. The van der Waals surface area contributed by atoms with Crippen molar-refractivity contribution in [2.45, 2.75) is 0 Å². The van der Waals surface area contributed by atoms with Crippen LogP contribution in [0.25, 0.3) is 22.7 Å². The normalized spacial score (nSPS) is 10.8. The van der Waals surface area contributed by atoms with E-state index in [4.69, 9.17) is 4.42 Å². The van der Waals surface area contributed by atoms with Crippen LogP contribution in [0.2, 0.25) is 0 Å². The Morgan fingerprint density at radius 3 is 2.77 bits per heavy atom. The minimum absolute atomic E-state index is 0.0565. The molecule has 0 aliphatic carbocycles. The van der Waals surface area contributed by atoms with E-state index in [1.807, 2.05) is 0 Å². The van der Waals surface area contributed by atoms with E-state index in [9.17, 15) is 14.9 Å². The van der Waals surface area contributed by atoms with Crippen LogP contribution < -0.4 is 5.56 Å². The third-order valence-corrected chi connectivity index (χ3v) is 3.65. The van der Waals surface area contributed by atoms with E-state index in [0.717, 1.165) is 0 Å². The van der Waals surface area contributed by atoms with Gasteiger partial charge in [0, 0.05) is 24.0 Å². The number of nitro benzene ring substituents is 1. The van der Waals surface area contributed by atoms with Crippen molar-refractivity contribution in [3.05, 3.63) is 73.8 Å². The molecule has 0 bridgehead atoms. The van der Waals surface area contributed by atoms with Crippen LogP contribution in [-0.4, -0.2) is 9.49 Å². The van der Waals surface area contributed by atoms with E-state index < -0.39 is 4.92 Å². The summed E-state index contributed by atoms with van der Waals surface area (Å²) >= 11 is 3.18. The van der Waals surface area contributed by atoms with E-state index in [-0.39, 0.29) is 11.2 Å². The maximum absolute atomic E-state index is 12.5. The lowest BCUT2D eigenvalue weighted by Gasteiger charge is -2.07. The Balaban J connectivity index is 2.23. The van der Waals surface area contributed by atoms with Crippen LogP contribution in [0.3, 0.4) is 0 Å². The summed E-state index contributed by atoms with van der Waals surface area (Å²) in [4.78, 5) is 22.9. The second-order valence-electron chi connectivity index (χ2n) is 4.52. The summed E-state index contributed by atoms with van der Waals surface area (Å²) < 4.78 is 7.20. The first-order chi connectivity index (χ1) is 10.5. The van der Waals surface area contributed by atoms with Gasteiger partial charge < -0.3 is 4.42 Å². The van der Waals surface area contributed by atoms with Crippen LogP contribution >= 0.6 is 15.9 Å². The molecule has 0 amide bonds. The Labute approximate surface area is 132 Å². The van der Waals surface area contributed by atoms with Gasteiger partial charge in [-0.1, -0.05) is 12.7 Å². The number of aromatic nitrogens is 1. The van der Waals surface area contributed by atoms with Crippen LogP contribution in [-0.2, 0) is 0 Å². The molecule has 110 valence electrons. The summed E-state index contributed by atoms with van der Waals surface area (Å²) in [5, 5.41) is 11.4. The standard InChI is InChI=1S/C15H9BrN2O4/c1-2-9-7-10(3-4-12(9)18(20)21)17-6-5-13-11(15(17)19)8-14(16)22-13/h2-8H,1H2. The minimum atomic E-state index is -0.486. The quantitative estimate of drug-likeness (QED) is 0.524. The fourth-order valence-corrected chi connectivity index (χ4v) is 2.63. The Kier molecular flexibility index (Phi) is 3.42. The number of halogens is 1. The van der Waals surface area contributed by atoms with E-state index in [1.54, 1.807) is 24.4 Å². The average Bonchev–Trinajstić information content (AvgIpc) is 2.88. The molecule has 0 fully saturated rings. The number of nitro groups is 1. The maximum atomic E-state index is 12.5. The monoisotopic (exact) mass is 360 g/mol. The number of hydrogen-bond acceptors (Lipinski definition) is 4. The van der Waals surface area contributed by atoms with Crippen molar-refractivity contribution < 1.29 is 9.34 Å². The fraction of sp³-hybridized carbons (Fsp3) is 0. The number of benzene rings is 1. The van der Waals surface area contributed by atoms with Gasteiger partial charge in [0.1, 0.15) is 5.58 Å². The van der Waals surface area contributed by atoms with Gasteiger partial charge in [-0.2, -0.15) is 0 Å². The maximum Gasteiger partial charge on any atom is 0.276 e. The van der Waals surface area contributed by atoms with Gasteiger partial charge in [-0.15, -0.1) is 0 Å². The smallest absolute Gasteiger partial charge is 0.276 e. The first-order valence-electron chi connectivity index (χ1n) is 6.23. The molecule has 3 aromatic rings. The highest BCUT2D eigenvalue weighted by atomic mass is 79.9. The number of hydrogen-bond donors (Lipinski definition) is 0. The first-order valence-corrected chi connectivity index (χ1v) is 7.02. The molecule has 3 rings (SSSR count). The molecule has 6 nitrogen and oxygen atoms in total. The predicted octanol–water partition coefficient (Wildman–Crippen LogP) is 3.90. The molecular formula is C15H9BrN2O4. The second kappa shape index (κ2) is 5.27. The number of rotatable bonds is 3. The zero-order valence-electron chi connectivity index (χ0n) is 11.2. The highest BCUT2D eigenvalue weighted by Gasteiger charge is 2.14. The fourth-order valence-electron chi connectivity index (χ4n) is 2.23. The topological polar surface area (TPSA) is 78.3 Å². The molecule has 0 unspecified atom stereocenters. The number of pyridine rings is 1. The molecule has 1 aromatic carbocycles. The minimum Gasteiger partial charge on any atom is -0.449 e. The van der Waals surface area contributed by atoms with Gasteiger partial charge in [0.25, 0.3) is 11.2 Å². The zero-order chi connectivity index (χ0) is 15.9. The number of furan rings is 1. The summed E-state index contributed by atoms with van der Waals surface area (Å²) in [5.74, 6) is 0. The van der Waals surface area contributed by atoms with Crippen LogP contribution in [0.15, 0.2) is 57.0 Å². The first kappa shape index (κ1) is 14.3. The van der Waals surface area contributed by atoms with Gasteiger partial charge in [-0.25, -0.2) is 0 Å². The molecule has 0 saturated carbocycles. The van der Waals surface area contributed by atoms with Gasteiger partial charge in [0.05, 0.1) is 15.9 Å². The average molecular weight is 361 g/mol. The lowest BCUT2D eigenvalue weighted by atomic mass is 10.1. The van der Waals surface area contributed by atoms with Crippen molar-refractivity contribution in [2.75, 3.05) is 0 Å². The molecule has 0 radical (unpaired) electrons. The van der Waals surface area contributed by atoms with Gasteiger partial charge in [-0.05, 0) is 34.1 Å². The molecule has 0 atom stereocenters. The molecule has 2 heterocycles. The van der Waals surface area contributed by atoms with E-state index >= 15 is 0 Å². The van der Waals surface area contributed by atoms with Crippen LogP contribution in [0.1, 0.15) is 5.56 Å². The lowest BCUT2D eigenvalue weighted by Crippen LogP contribution is -2.17. The summed E-state index contributed by atoms with van der Waals surface area (Å²) in [6.07, 6.45) is 2.95. The zero-order valence-corrected chi connectivity index (χ0v) is 12.7. The van der Waals surface area contributed by atoms with E-state index in [2.05, 4.69) is 22.5 Å². The van der Waals surface area contributed by atoms with Crippen molar-refractivity contribution in [3.8, 4) is 5.69 Å². The Morgan fingerprint density at radius 2 is 2.09 bits per heavy atom. The number of fused-ring (bicyclic) bond motifs is 1. The van der Waals surface area contributed by atoms with Crippen molar-refractivity contribution in [1.82, 2.24) is 4.57 Å². The third-order valence-electron chi connectivity index (χ3n) is 3.26. The Bertz CT molecular complexity index is 971. The summed E-state index contributed by atoms with van der Waals surface area (Å²) in [7, 11) is 0.